The number of sulfonamides is 1. The lowest BCUT2D eigenvalue weighted by molar-refractivity contribution is -0.119. The topological polar surface area (TPSA) is 97.3 Å². The molecule has 4 aromatic carbocycles. The zero-order valence-corrected chi connectivity index (χ0v) is 20.4. The molecule has 0 aromatic heterocycles. The van der Waals surface area contributed by atoms with E-state index < -0.39 is 22.5 Å². The molecule has 0 aliphatic rings. The van der Waals surface area contributed by atoms with E-state index in [1.54, 1.807) is 18.3 Å². The smallest absolute Gasteiger partial charge is 0.260 e. The summed E-state index contributed by atoms with van der Waals surface area (Å²) in [5.74, 6) is 0.201. The van der Waals surface area contributed by atoms with Gasteiger partial charge in [-0.15, -0.1) is 0 Å². The standard InChI is InChI=1S/C26H25N3O5S/c1-33-24-13-12-20(15-25(24)34-2)29(35(3,31)32)17-26(30)28-27-16-23-21-10-6-4-8-18(21)14-19-9-5-7-11-22(19)23/h4-16H,17H2,1-3H3,(H,28,30)/b27-16+. The summed E-state index contributed by atoms with van der Waals surface area (Å²) in [5.41, 5.74) is 3.58. The summed E-state index contributed by atoms with van der Waals surface area (Å²) < 4.78 is 36.3. The molecular weight excluding hydrogens is 466 g/mol. The van der Waals surface area contributed by atoms with Crippen LogP contribution in [0.1, 0.15) is 5.56 Å². The minimum atomic E-state index is -3.77. The number of ether oxygens (including phenoxy) is 2. The second-order valence-corrected chi connectivity index (χ2v) is 9.74. The van der Waals surface area contributed by atoms with Crippen molar-refractivity contribution >= 4 is 49.4 Å². The van der Waals surface area contributed by atoms with Crippen LogP contribution in [-0.4, -0.2) is 47.6 Å². The van der Waals surface area contributed by atoms with Crippen LogP contribution in [0.25, 0.3) is 21.5 Å². The number of hydrogen-bond acceptors (Lipinski definition) is 6. The van der Waals surface area contributed by atoms with Crippen molar-refractivity contribution in [1.82, 2.24) is 5.43 Å². The third kappa shape index (κ3) is 5.20. The van der Waals surface area contributed by atoms with Gasteiger partial charge in [-0.25, -0.2) is 13.8 Å². The van der Waals surface area contributed by atoms with Gasteiger partial charge in [0.15, 0.2) is 11.5 Å². The Morgan fingerprint density at radius 1 is 0.914 bits per heavy atom. The summed E-state index contributed by atoms with van der Waals surface area (Å²) in [6.45, 7) is -0.456. The highest BCUT2D eigenvalue weighted by Crippen LogP contribution is 2.32. The van der Waals surface area contributed by atoms with Crippen molar-refractivity contribution in [2.75, 3.05) is 31.3 Å². The van der Waals surface area contributed by atoms with Crippen LogP contribution >= 0.6 is 0 Å². The first-order chi connectivity index (χ1) is 16.8. The Morgan fingerprint density at radius 3 is 2.09 bits per heavy atom. The van der Waals surface area contributed by atoms with Gasteiger partial charge >= 0.3 is 0 Å². The van der Waals surface area contributed by atoms with E-state index in [-0.39, 0.29) is 5.69 Å². The molecule has 0 aliphatic heterocycles. The number of nitrogens with zero attached hydrogens (tertiary/aromatic N) is 2. The molecule has 4 aromatic rings. The molecule has 0 unspecified atom stereocenters. The maximum absolute atomic E-state index is 12.7. The number of carbonyl (C=O) groups is 1. The SMILES string of the molecule is COc1ccc(N(CC(=O)N/N=C/c2c3ccccc3cc3ccccc23)S(C)(=O)=O)cc1OC. The number of hydrazone groups is 1. The van der Waals surface area contributed by atoms with E-state index in [4.69, 9.17) is 9.47 Å². The van der Waals surface area contributed by atoms with E-state index in [0.717, 1.165) is 37.7 Å². The molecule has 4 rings (SSSR count). The van der Waals surface area contributed by atoms with Crippen molar-refractivity contribution in [1.29, 1.82) is 0 Å². The van der Waals surface area contributed by atoms with E-state index in [2.05, 4.69) is 16.6 Å². The number of carbonyl (C=O) groups excluding carboxylic acids is 1. The van der Waals surface area contributed by atoms with Gasteiger partial charge in [0.05, 0.1) is 32.4 Å². The van der Waals surface area contributed by atoms with Crippen molar-refractivity contribution < 1.29 is 22.7 Å². The predicted octanol–water partition coefficient (Wildman–Crippen LogP) is 3.93. The molecule has 0 spiro atoms. The number of rotatable bonds is 8. The Balaban J connectivity index is 1.59. The van der Waals surface area contributed by atoms with Gasteiger partial charge in [-0.05, 0) is 39.7 Å². The highest BCUT2D eigenvalue weighted by molar-refractivity contribution is 7.92. The number of anilines is 1. The number of hydrogen-bond donors (Lipinski definition) is 1. The van der Waals surface area contributed by atoms with Crippen LogP contribution in [0.4, 0.5) is 5.69 Å². The lowest BCUT2D eigenvalue weighted by Crippen LogP contribution is -2.39. The van der Waals surface area contributed by atoms with Crippen molar-refractivity contribution in [3.05, 3.63) is 78.4 Å². The molecule has 0 saturated carbocycles. The highest BCUT2D eigenvalue weighted by atomic mass is 32.2. The number of methoxy groups -OCH3 is 2. The second kappa shape index (κ2) is 10.0. The fraction of sp³-hybridized carbons (Fsp3) is 0.154. The number of nitrogens with one attached hydrogen (secondary N) is 1. The van der Waals surface area contributed by atoms with E-state index in [0.29, 0.717) is 11.5 Å². The first-order valence-electron chi connectivity index (χ1n) is 10.7. The van der Waals surface area contributed by atoms with Crippen LogP contribution in [-0.2, 0) is 14.8 Å². The molecule has 8 nitrogen and oxygen atoms in total. The van der Waals surface area contributed by atoms with E-state index >= 15 is 0 Å². The average molecular weight is 492 g/mol. The molecule has 35 heavy (non-hydrogen) atoms. The largest absolute Gasteiger partial charge is 0.493 e. The molecule has 0 bridgehead atoms. The molecule has 0 atom stereocenters. The van der Waals surface area contributed by atoms with Gasteiger partial charge < -0.3 is 9.47 Å². The van der Waals surface area contributed by atoms with E-state index in [1.165, 1.54) is 20.3 Å². The third-order valence-electron chi connectivity index (χ3n) is 5.54. The van der Waals surface area contributed by atoms with Gasteiger partial charge in [0.1, 0.15) is 6.54 Å². The number of fused-ring (bicyclic) bond motifs is 2. The van der Waals surface area contributed by atoms with Gasteiger partial charge in [0, 0.05) is 11.6 Å². The zero-order valence-electron chi connectivity index (χ0n) is 19.6. The van der Waals surface area contributed by atoms with Crippen LogP contribution in [0.3, 0.4) is 0 Å². The van der Waals surface area contributed by atoms with Gasteiger partial charge in [-0.3, -0.25) is 9.10 Å². The molecular formula is C26H25N3O5S. The fourth-order valence-corrected chi connectivity index (χ4v) is 4.75. The number of amides is 1. The molecule has 180 valence electrons. The lowest BCUT2D eigenvalue weighted by atomic mass is 9.97. The van der Waals surface area contributed by atoms with Crippen molar-refractivity contribution in [2.45, 2.75) is 0 Å². The van der Waals surface area contributed by atoms with Crippen molar-refractivity contribution in [3.63, 3.8) is 0 Å². The Labute approximate surface area is 203 Å². The summed E-state index contributed by atoms with van der Waals surface area (Å²) in [6.07, 6.45) is 2.62. The summed E-state index contributed by atoms with van der Waals surface area (Å²) in [6, 6.07) is 22.6. The zero-order chi connectivity index (χ0) is 25.0. The quantitative estimate of drug-likeness (QED) is 0.229. The average Bonchev–Trinajstić information content (AvgIpc) is 2.85. The second-order valence-electron chi connectivity index (χ2n) is 7.83. The first kappa shape index (κ1) is 24.0. The molecule has 0 fully saturated rings. The van der Waals surface area contributed by atoms with Crippen LogP contribution < -0.4 is 19.2 Å². The predicted molar refractivity (Wildman–Crippen MR) is 139 cm³/mol. The van der Waals surface area contributed by atoms with Gasteiger partial charge in [0.2, 0.25) is 10.0 Å². The van der Waals surface area contributed by atoms with Crippen molar-refractivity contribution in [3.8, 4) is 11.5 Å². The van der Waals surface area contributed by atoms with Gasteiger partial charge in [-0.2, -0.15) is 5.10 Å². The molecule has 1 N–H and O–H groups in total. The van der Waals surface area contributed by atoms with E-state index in [1.807, 2.05) is 48.5 Å². The molecule has 0 saturated heterocycles. The summed E-state index contributed by atoms with van der Waals surface area (Å²) in [5, 5.41) is 8.23. The molecule has 9 heteroatoms. The Hall–Kier alpha value is -4.11. The van der Waals surface area contributed by atoms with Gasteiger partial charge in [0.25, 0.3) is 5.91 Å². The maximum Gasteiger partial charge on any atom is 0.260 e. The summed E-state index contributed by atoms with van der Waals surface area (Å²) in [7, 11) is -0.836. The Morgan fingerprint density at radius 2 is 1.51 bits per heavy atom. The summed E-state index contributed by atoms with van der Waals surface area (Å²) in [4.78, 5) is 12.7. The molecule has 1 amide bonds. The maximum atomic E-state index is 12.7. The van der Waals surface area contributed by atoms with Crippen LogP contribution in [0.5, 0.6) is 11.5 Å². The Bertz CT molecular complexity index is 1480. The lowest BCUT2D eigenvalue weighted by Gasteiger charge is -2.22. The molecule has 0 aliphatic carbocycles. The monoisotopic (exact) mass is 491 g/mol. The minimum absolute atomic E-state index is 0.268. The van der Waals surface area contributed by atoms with Crippen LogP contribution in [0, 0.1) is 0 Å². The van der Waals surface area contributed by atoms with Crippen LogP contribution in [0.2, 0.25) is 0 Å². The van der Waals surface area contributed by atoms with Crippen molar-refractivity contribution in [2.24, 2.45) is 5.10 Å². The minimum Gasteiger partial charge on any atom is -0.493 e. The highest BCUT2D eigenvalue weighted by Gasteiger charge is 2.22. The molecule has 0 radical (unpaired) electrons. The fourth-order valence-electron chi connectivity index (χ4n) is 3.90. The Kier molecular flexibility index (Phi) is 6.88. The normalized spacial score (nSPS) is 11.6. The van der Waals surface area contributed by atoms with E-state index in [9.17, 15) is 13.2 Å². The van der Waals surface area contributed by atoms with Gasteiger partial charge in [-0.1, -0.05) is 48.5 Å². The van der Waals surface area contributed by atoms with Crippen LogP contribution in [0.15, 0.2) is 77.9 Å². The summed E-state index contributed by atoms with van der Waals surface area (Å²) >= 11 is 0. The molecule has 0 heterocycles. The number of benzene rings is 4. The third-order valence-corrected chi connectivity index (χ3v) is 6.68. The first-order valence-corrected chi connectivity index (χ1v) is 12.6.